The van der Waals surface area contributed by atoms with Gasteiger partial charge in [-0.2, -0.15) is 0 Å². The van der Waals surface area contributed by atoms with Gasteiger partial charge in [-0.25, -0.2) is 9.59 Å². The normalized spacial score (nSPS) is 14.3. The van der Waals surface area contributed by atoms with Crippen LogP contribution in [0.1, 0.15) is 54.9 Å². The molecule has 0 aliphatic rings. The molecule has 0 rings (SSSR count). The van der Waals surface area contributed by atoms with Crippen LogP contribution in [0.2, 0.25) is 0 Å². The first-order valence-corrected chi connectivity index (χ1v) is 7.86. The maximum absolute atomic E-state index is 12.3. The van der Waals surface area contributed by atoms with Crippen LogP contribution in [0, 0.1) is 11.8 Å². The van der Waals surface area contributed by atoms with Gasteiger partial charge in [-0.3, -0.25) is 4.79 Å². The Balaban J connectivity index is 4.91. The lowest BCUT2D eigenvalue weighted by Gasteiger charge is -2.26. The minimum Gasteiger partial charge on any atom is -0.480 e. The molecule has 0 aromatic heterocycles. The van der Waals surface area contributed by atoms with Crippen LogP contribution in [0.15, 0.2) is 0 Å². The summed E-state index contributed by atoms with van der Waals surface area (Å²) in [6.45, 7) is 12.4. The van der Waals surface area contributed by atoms with Gasteiger partial charge in [-0.1, -0.05) is 27.7 Å². The van der Waals surface area contributed by atoms with Gasteiger partial charge in [-0.15, -0.1) is 0 Å². The summed E-state index contributed by atoms with van der Waals surface area (Å²) in [5.74, 6) is -1.71. The molecule has 0 aliphatic carbocycles. The summed E-state index contributed by atoms with van der Waals surface area (Å²) in [5, 5.41) is 14.2. The van der Waals surface area contributed by atoms with Gasteiger partial charge in [0.2, 0.25) is 5.91 Å². The Labute approximate surface area is 138 Å². The van der Waals surface area contributed by atoms with E-state index in [0.717, 1.165) is 0 Å². The SMILES string of the molecule is CC(C)CC(NC(=O)C(NC(=O)OC(C)(C)C)C(C)C)C(=O)O. The molecule has 7 heteroatoms. The Kier molecular flexibility index (Phi) is 8.06. The van der Waals surface area contributed by atoms with Gasteiger partial charge >= 0.3 is 12.1 Å². The second kappa shape index (κ2) is 8.74. The molecule has 0 spiro atoms. The smallest absolute Gasteiger partial charge is 0.408 e. The largest absolute Gasteiger partial charge is 0.480 e. The van der Waals surface area contributed by atoms with Crippen molar-refractivity contribution in [3.8, 4) is 0 Å². The number of hydrogen-bond donors (Lipinski definition) is 3. The monoisotopic (exact) mass is 330 g/mol. The number of nitrogens with one attached hydrogen (secondary N) is 2. The number of amides is 2. The Hall–Kier alpha value is -1.79. The zero-order valence-corrected chi connectivity index (χ0v) is 15.1. The molecular formula is C16H30N2O5. The fourth-order valence-electron chi connectivity index (χ4n) is 1.92. The van der Waals surface area contributed by atoms with Crippen molar-refractivity contribution in [1.29, 1.82) is 0 Å². The molecule has 23 heavy (non-hydrogen) atoms. The fourth-order valence-corrected chi connectivity index (χ4v) is 1.92. The summed E-state index contributed by atoms with van der Waals surface area (Å²) in [5.41, 5.74) is -0.677. The summed E-state index contributed by atoms with van der Waals surface area (Å²) < 4.78 is 5.14. The molecule has 2 unspecified atom stereocenters. The topological polar surface area (TPSA) is 105 Å². The highest BCUT2D eigenvalue weighted by atomic mass is 16.6. The van der Waals surface area contributed by atoms with Crippen LogP contribution < -0.4 is 10.6 Å². The highest BCUT2D eigenvalue weighted by molar-refractivity contribution is 5.89. The van der Waals surface area contributed by atoms with E-state index in [0.29, 0.717) is 6.42 Å². The van der Waals surface area contributed by atoms with Crippen LogP contribution in [-0.4, -0.2) is 40.8 Å². The molecular weight excluding hydrogens is 300 g/mol. The van der Waals surface area contributed by atoms with Gasteiger partial charge < -0.3 is 20.5 Å². The molecule has 0 radical (unpaired) electrons. The summed E-state index contributed by atoms with van der Waals surface area (Å²) in [7, 11) is 0. The van der Waals surface area contributed by atoms with Crippen LogP contribution in [0.3, 0.4) is 0 Å². The van der Waals surface area contributed by atoms with Gasteiger partial charge in [0.1, 0.15) is 17.7 Å². The minimum atomic E-state index is -1.09. The predicted octanol–water partition coefficient (Wildman–Crippen LogP) is 2.15. The van der Waals surface area contributed by atoms with E-state index in [1.54, 1.807) is 34.6 Å². The van der Waals surface area contributed by atoms with Crippen LogP contribution >= 0.6 is 0 Å². The molecule has 0 saturated heterocycles. The first-order valence-electron chi connectivity index (χ1n) is 7.86. The average Bonchev–Trinajstić information content (AvgIpc) is 2.31. The second-order valence-electron chi connectivity index (χ2n) is 7.40. The van der Waals surface area contributed by atoms with Crippen molar-refractivity contribution in [2.45, 2.75) is 72.6 Å². The van der Waals surface area contributed by atoms with E-state index in [-0.39, 0.29) is 11.8 Å². The molecule has 0 fully saturated rings. The van der Waals surface area contributed by atoms with Crippen molar-refractivity contribution in [1.82, 2.24) is 10.6 Å². The zero-order valence-electron chi connectivity index (χ0n) is 15.1. The lowest BCUT2D eigenvalue weighted by atomic mass is 10.0. The van der Waals surface area contributed by atoms with E-state index in [1.165, 1.54) is 0 Å². The Morgan fingerprint density at radius 2 is 1.57 bits per heavy atom. The third-order valence-electron chi connectivity index (χ3n) is 2.94. The molecule has 134 valence electrons. The van der Waals surface area contributed by atoms with E-state index < -0.39 is 35.7 Å². The Morgan fingerprint density at radius 1 is 1.04 bits per heavy atom. The minimum absolute atomic E-state index is 0.118. The van der Waals surface area contributed by atoms with Crippen molar-refractivity contribution in [2.75, 3.05) is 0 Å². The molecule has 0 bridgehead atoms. The highest BCUT2D eigenvalue weighted by Gasteiger charge is 2.30. The number of hydrogen-bond acceptors (Lipinski definition) is 4. The molecule has 7 nitrogen and oxygen atoms in total. The molecule has 0 aliphatic heterocycles. The van der Waals surface area contributed by atoms with Gasteiger partial charge in [0.15, 0.2) is 0 Å². The number of carboxylic acid groups (broad SMARTS) is 1. The number of alkyl carbamates (subject to hydrolysis) is 1. The van der Waals surface area contributed by atoms with Gasteiger partial charge in [0, 0.05) is 0 Å². The lowest BCUT2D eigenvalue weighted by Crippen LogP contribution is -2.54. The Bertz CT molecular complexity index is 427. The number of carboxylic acids is 1. The molecule has 0 aromatic carbocycles. The number of carbonyl (C=O) groups is 3. The van der Waals surface area contributed by atoms with Crippen LogP contribution in [0.25, 0.3) is 0 Å². The van der Waals surface area contributed by atoms with Gasteiger partial charge in [-0.05, 0) is 39.0 Å². The van der Waals surface area contributed by atoms with Crippen molar-refractivity contribution < 1.29 is 24.2 Å². The maximum atomic E-state index is 12.3. The van der Waals surface area contributed by atoms with E-state index in [9.17, 15) is 19.5 Å². The van der Waals surface area contributed by atoms with Crippen LogP contribution in [0.5, 0.6) is 0 Å². The molecule has 3 N–H and O–H groups in total. The van der Waals surface area contributed by atoms with E-state index in [1.807, 2.05) is 13.8 Å². The highest BCUT2D eigenvalue weighted by Crippen LogP contribution is 2.10. The Morgan fingerprint density at radius 3 is 1.91 bits per heavy atom. The van der Waals surface area contributed by atoms with E-state index >= 15 is 0 Å². The molecule has 2 atom stereocenters. The van der Waals surface area contributed by atoms with Crippen molar-refractivity contribution in [3.05, 3.63) is 0 Å². The fraction of sp³-hybridized carbons (Fsp3) is 0.812. The number of ether oxygens (including phenoxy) is 1. The molecule has 0 aromatic rings. The molecule has 2 amide bonds. The van der Waals surface area contributed by atoms with Gasteiger partial charge in [0.25, 0.3) is 0 Å². The van der Waals surface area contributed by atoms with Crippen LogP contribution in [-0.2, 0) is 14.3 Å². The van der Waals surface area contributed by atoms with Crippen molar-refractivity contribution >= 4 is 18.0 Å². The molecule has 0 saturated carbocycles. The van der Waals surface area contributed by atoms with E-state index in [4.69, 9.17) is 4.74 Å². The summed E-state index contributed by atoms with van der Waals surface area (Å²) in [6.07, 6.45) is -0.389. The second-order valence-corrected chi connectivity index (χ2v) is 7.40. The van der Waals surface area contributed by atoms with Crippen molar-refractivity contribution in [3.63, 3.8) is 0 Å². The quantitative estimate of drug-likeness (QED) is 0.663. The lowest BCUT2D eigenvalue weighted by molar-refractivity contribution is -0.142. The molecule has 0 heterocycles. The third kappa shape index (κ3) is 9.05. The number of rotatable bonds is 7. The maximum Gasteiger partial charge on any atom is 0.408 e. The first-order chi connectivity index (χ1) is 10.3. The predicted molar refractivity (Wildman–Crippen MR) is 87.0 cm³/mol. The first kappa shape index (κ1) is 21.2. The van der Waals surface area contributed by atoms with Crippen LogP contribution in [0.4, 0.5) is 4.79 Å². The summed E-state index contributed by atoms with van der Waals surface area (Å²) in [6, 6.07) is -1.84. The number of carbonyl (C=O) groups excluding carboxylic acids is 2. The summed E-state index contributed by atoms with van der Waals surface area (Å²) in [4.78, 5) is 35.4. The summed E-state index contributed by atoms with van der Waals surface area (Å²) >= 11 is 0. The third-order valence-corrected chi connectivity index (χ3v) is 2.94. The van der Waals surface area contributed by atoms with E-state index in [2.05, 4.69) is 10.6 Å². The van der Waals surface area contributed by atoms with Crippen molar-refractivity contribution in [2.24, 2.45) is 11.8 Å². The zero-order chi connectivity index (χ0) is 18.4. The standard InChI is InChI=1S/C16H30N2O5/c1-9(2)8-11(14(20)21)17-13(19)12(10(3)4)18-15(22)23-16(5,6)7/h9-12H,8H2,1-7H3,(H,17,19)(H,18,22)(H,20,21). The van der Waals surface area contributed by atoms with Gasteiger partial charge in [0.05, 0.1) is 0 Å². The average molecular weight is 330 g/mol. The number of aliphatic carboxylic acids is 1.